The molecule has 0 saturated carbocycles. The molecule has 5 rings (SSSR count). The molecule has 0 spiro atoms. The number of anilines is 1. The van der Waals surface area contributed by atoms with Crippen molar-refractivity contribution in [3.05, 3.63) is 53.7 Å². The van der Waals surface area contributed by atoms with Gasteiger partial charge in [-0.2, -0.15) is 5.10 Å². The van der Waals surface area contributed by atoms with Crippen molar-refractivity contribution in [1.29, 1.82) is 0 Å². The highest BCUT2D eigenvalue weighted by atomic mass is 32.1. The molecule has 0 aliphatic carbocycles. The van der Waals surface area contributed by atoms with Crippen molar-refractivity contribution in [3.8, 4) is 21.8 Å². The fraction of sp³-hybridized carbons (Fsp3) is 0.393. The van der Waals surface area contributed by atoms with Gasteiger partial charge in [0.2, 0.25) is 5.91 Å². The molecule has 4 aromatic heterocycles. The fourth-order valence-corrected chi connectivity index (χ4v) is 5.66. The summed E-state index contributed by atoms with van der Waals surface area (Å²) in [5.74, 6) is 0.341. The topological polar surface area (TPSA) is 108 Å². The van der Waals surface area contributed by atoms with Gasteiger partial charge in [0, 0.05) is 37.9 Å². The molecule has 1 saturated heterocycles. The van der Waals surface area contributed by atoms with Crippen LogP contribution in [0.5, 0.6) is 0 Å². The number of nitrogens with zero attached hydrogens (tertiary/aromatic N) is 6. The number of likely N-dealkylation sites (N-methyl/N-ethyl adjacent to an activating group) is 2. The summed E-state index contributed by atoms with van der Waals surface area (Å²) in [4.78, 5) is 40.9. The number of rotatable bonds is 10. The predicted octanol–water partition coefficient (Wildman–Crippen LogP) is 3.30. The standard InChI is InChI=1S/C28H34N8O2S/c1-5-34(6-2)18(3)16-30-27(37)19-14-22(32-25(15-19)35-11-10-23(35)28(38)29-4)20-17-31-36-12-9-21(33-26(20)36)24-8-7-13-39-24/h7-9,12-15,17-18,23H,5-6,10-11,16H2,1-4H3,(H,29,38)(H,30,37)/t18?,23-/m1/s1. The van der Waals surface area contributed by atoms with Gasteiger partial charge < -0.3 is 15.5 Å². The van der Waals surface area contributed by atoms with Crippen LogP contribution in [0, 0.1) is 0 Å². The molecule has 1 fully saturated rings. The summed E-state index contributed by atoms with van der Waals surface area (Å²) in [6, 6.07) is 9.40. The molecule has 0 aromatic carbocycles. The van der Waals surface area contributed by atoms with Gasteiger partial charge in [0.05, 0.1) is 28.0 Å². The first-order valence-electron chi connectivity index (χ1n) is 13.3. The summed E-state index contributed by atoms with van der Waals surface area (Å²) in [5, 5.41) is 12.3. The van der Waals surface area contributed by atoms with Gasteiger partial charge in [-0.15, -0.1) is 11.3 Å². The molecule has 11 heteroatoms. The van der Waals surface area contributed by atoms with Crippen LogP contribution in [0.3, 0.4) is 0 Å². The maximum atomic E-state index is 13.4. The summed E-state index contributed by atoms with van der Waals surface area (Å²) in [5.41, 5.74) is 3.29. The lowest BCUT2D eigenvalue weighted by atomic mass is 10.0. The van der Waals surface area contributed by atoms with Crippen LogP contribution in [0.25, 0.3) is 27.5 Å². The van der Waals surface area contributed by atoms with Crippen molar-refractivity contribution < 1.29 is 9.59 Å². The van der Waals surface area contributed by atoms with E-state index >= 15 is 0 Å². The third-order valence-electron chi connectivity index (χ3n) is 7.35. The molecule has 204 valence electrons. The second-order valence-electron chi connectivity index (χ2n) is 9.61. The van der Waals surface area contributed by atoms with Gasteiger partial charge in [-0.3, -0.25) is 14.5 Å². The van der Waals surface area contributed by atoms with Gasteiger partial charge >= 0.3 is 0 Å². The summed E-state index contributed by atoms with van der Waals surface area (Å²) in [7, 11) is 1.63. The molecule has 4 aromatic rings. The highest BCUT2D eigenvalue weighted by Crippen LogP contribution is 2.31. The zero-order chi connectivity index (χ0) is 27.5. The highest BCUT2D eigenvalue weighted by molar-refractivity contribution is 7.13. The van der Waals surface area contributed by atoms with Crippen LogP contribution in [0.15, 0.2) is 48.1 Å². The van der Waals surface area contributed by atoms with Crippen LogP contribution < -0.4 is 15.5 Å². The van der Waals surface area contributed by atoms with Crippen molar-refractivity contribution in [2.45, 2.75) is 39.3 Å². The summed E-state index contributed by atoms with van der Waals surface area (Å²) >= 11 is 1.62. The lowest BCUT2D eigenvalue weighted by Crippen LogP contribution is -2.56. The lowest BCUT2D eigenvalue weighted by molar-refractivity contribution is -0.123. The number of fused-ring (bicyclic) bond motifs is 1. The van der Waals surface area contributed by atoms with E-state index in [0.717, 1.165) is 35.6 Å². The van der Waals surface area contributed by atoms with Crippen molar-refractivity contribution in [1.82, 2.24) is 35.1 Å². The Morgan fingerprint density at radius 2 is 2.00 bits per heavy atom. The zero-order valence-corrected chi connectivity index (χ0v) is 23.5. The van der Waals surface area contributed by atoms with E-state index in [4.69, 9.17) is 9.97 Å². The van der Waals surface area contributed by atoms with Gasteiger partial charge in [-0.25, -0.2) is 14.5 Å². The normalized spacial score (nSPS) is 15.8. The Morgan fingerprint density at radius 3 is 2.67 bits per heavy atom. The van der Waals surface area contributed by atoms with E-state index in [-0.39, 0.29) is 23.9 Å². The van der Waals surface area contributed by atoms with E-state index < -0.39 is 0 Å². The predicted molar refractivity (Wildman–Crippen MR) is 154 cm³/mol. The number of amides is 2. The fourth-order valence-electron chi connectivity index (χ4n) is 4.96. The molecule has 0 radical (unpaired) electrons. The molecule has 39 heavy (non-hydrogen) atoms. The number of pyridine rings is 1. The minimum atomic E-state index is -0.316. The molecule has 0 bridgehead atoms. The molecule has 2 amide bonds. The average molecular weight is 547 g/mol. The average Bonchev–Trinajstić information content (AvgIpc) is 3.61. The van der Waals surface area contributed by atoms with E-state index in [0.29, 0.717) is 35.8 Å². The minimum Gasteiger partial charge on any atom is -0.357 e. The van der Waals surface area contributed by atoms with E-state index in [2.05, 4.69) is 41.4 Å². The smallest absolute Gasteiger partial charge is 0.251 e. The number of hydrogen-bond donors (Lipinski definition) is 2. The van der Waals surface area contributed by atoms with Gasteiger partial charge in [-0.05, 0) is 56.1 Å². The van der Waals surface area contributed by atoms with E-state index in [9.17, 15) is 9.59 Å². The SMILES string of the molecule is CCN(CC)C(C)CNC(=O)c1cc(-c2cnn3ccc(-c4cccs4)nc23)nc(N2CC[C@@H]2C(=O)NC)c1. The third-order valence-corrected chi connectivity index (χ3v) is 8.24. The molecule has 10 nitrogen and oxygen atoms in total. The molecule has 1 aliphatic rings. The number of carbonyl (C=O) groups is 2. The first-order valence-corrected chi connectivity index (χ1v) is 14.2. The first kappa shape index (κ1) is 26.8. The highest BCUT2D eigenvalue weighted by Gasteiger charge is 2.35. The Balaban J connectivity index is 1.52. The van der Waals surface area contributed by atoms with Gasteiger partial charge in [0.1, 0.15) is 11.9 Å². The quantitative estimate of drug-likeness (QED) is 0.314. The largest absolute Gasteiger partial charge is 0.357 e. The Kier molecular flexibility index (Phi) is 7.89. The van der Waals surface area contributed by atoms with Crippen molar-refractivity contribution in [2.24, 2.45) is 0 Å². The van der Waals surface area contributed by atoms with E-state index in [1.165, 1.54) is 0 Å². The van der Waals surface area contributed by atoms with Crippen molar-refractivity contribution in [2.75, 3.05) is 38.1 Å². The van der Waals surface area contributed by atoms with Crippen molar-refractivity contribution >= 4 is 34.6 Å². The van der Waals surface area contributed by atoms with Crippen LogP contribution in [0.2, 0.25) is 0 Å². The number of hydrogen-bond acceptors (Lipinski definition) is 8. The molecular weight excluding hydrogens is 512 g/mol. The maximum absolute atomic E-state index is 13.4. The van der Waals surface area contributed by atoms with E-state index in [1.54, 1.807) is 41.2 Å². The third kappa shape index (κ3) is 5.37. The van der Waals surface area contributed by atoms with Gasteiger partial charge in [0.25, 0.3) is 5.91 Å². The summed E-state index contributed by atoms with van der Waals surface area (Å²) < 4.78 is 1.71. The number of carbonyl (C=O) groups excluding carboxylic acids is 2. The lowest BCUT2D eigenvalue weighted by Gasteiger charge is -2.40. The van der Waals surface area contributed by atoms with Crippen LogP contribution in [-0.2, 0) is 4.79 Å². The summed E-state index contributed by atoms with van der Waals surface area (Å²) in [6.07, 6.45) is 4.34. The second-order valence-corrected chi connectivity index (χ2v) is 10.6. The first-order chi connectivity index (χ1) is 18.9. The van der Waals surface area contributed by atoms with Gasteiger partial charge in [0.15, 0.2) is 5.65 Å². The Labute approximate surface area is 232 Å². The number of thiophene rings is 1. The molecule has 2 N–H and O–H groups in total. The number of nitrogens with one attached hydrogen (secondary N) is 2. The molecule has 1 unspecified atom stereocenters. The van der Waals surface area contributed by atoms with Crippen LogP contribution in [-0.4, -0.2) is 81.6 Å². The molecule has 1 aliphatic heterocycles. The van der Waals surface area contributed by atoms with Gasteiger partial charge in [-0.1, -0.05) is 19.9 Å². The minimum absolute atomic E-state index is 0.0641. The van der Waals surface area contributed by atoms with Crippen LogP contribution in [0.4, 0.5) is 5.82 Å². The molecular formula is C28H34N8O2S. The Morgan fingerprint density at radius 1 is 1.18 bits per heavy atom. The van der Waals surface area contributed by atoms with Crippen LogP contribution in [0.1, 0.15) is 37.6 Å². The maximum Gasteiger partial charge on any atom is 0.251 e. The Hall–Kier alpha value is -3.83. The summed E-state index contributed by atoms with van der Waals surface area (Å²) in [6.45, 7) is 9.40. The second kappa shape index (κ2) is 11.5. The number of aromatic nitrogens is 4. The molecule has 5 heterocycles. The van der Waals surface area contributed by atoms with Crippen LogP contribution >= 0.6 is 11.3 Å². The van der Waals surface area contributed by atoms with Crippen molar-refractivity contribution in [3.63, 3.8) is 0 Å². The zero-order valence-electron chi connectivity index (χ0n) is 22.7. The monoisotopic (exact) mass is 546 g/mol. The molecule has 2 atom stereocenters. The Bertz CT molecular complexity index is 1460. The van der Waals surface area contributed by atoms with E-state index in [1.807, 2.05) is 34.7 Å².